The second kappa shape index (κ2) is 5.58. The zero-order chi connectivity index (χ0) is 15.9. The lowest BCUT2D eigenvalue weighted by atomic mass is 10.3. The fourth-order valence-electron chi connectivity index (χ4n) is 2.79. The molecule has 0 unspecified atom stereocenters. The first-order chi connectivity index (χ1) is 10.5. The number of aliphatic hydroxyl groups excluding tert-OH is 1. The molecule has 2 aromatic heterocycles. The summed E-state index contributed by atoms with van der Waals surface area (Å²) in [4.78, 5) is 35.8. The van der Waals surface area contributed by atoms with Crippen molar-refractivity contribution in [2.75, 3.05) is 44.2 Å². The van der Waals surface area contributed by atoms with Crippen molar-refractivity contribution >= 4 is 17.1 Å². The van der Waals surface area contributed by atoms with E-state index in [9.17, 15) is 9.59 Å². The van der Waals surface area contributed by atoms with Crippen LogP contribution < -0.4 is 16.1 Å². The number of aryl methyl sites for hydroxylation is 1. The highest BCUT2D eigenvalue weighted by molar-refractivity contribution is 5.73. The van der Waals surface area contributed by atoms with Crippen molar-refractivity contribution in [1.82, 2.24) is 24.0 Å². The summed E-state index contributed by atoms with van der Waals surface area (Å²) in [7, 11) is 3.06. The van der Waals surface area contributed by atoms with Gasteiger partial charge in [0, 0.05) is 46.8 Å². The van der Waals surface area contributed by atoms with E-state index in [0.29, 0.717) is 23.7 Å². The Morgan fingerprint density at radius 2 is 1.82 bits per heavy atom. The van der Waals surface area contributed by atoms with Gasteiger partial charge in [0.05, 0.1) is 6.61 Å². The zero-order valence-electron chi connectivity index (χ0n) is 12.7. The lowest BCUT2D eigenvalue weighted by Crippen LogP contribution is -2.47. The van der Waals surface area contributed by atoms with E-state index in [1.807, 2.05) is 0 Å². The molecule has 0 bridgehead atoms. The second-order valence-electron chi connectivity index (χ2n) is 5.52. The normalized spacial score (nSPS) is 16.6. The summed E-state index contributed by atoms with van der Waals surface area (Å²) in [6.45, 7) is 4.00. The number of nitrogens with zero attached hydrogens (tertiary/aromatic N) is 5. The fraction of sp³-hybridized carbons (Fsp3) is 0.615. The van der Waals surface area contributed by atoms with Crippen molar-refractivity contribution in [2.24, 2.45) is 14.1 Å². The summed E-state index contributed by atoms with van der Waals surface area (Å²) in [5.74, 6) is 0.608. The number of rotatable bonds is 3. The molecule has 2 aromatic rings. The quantitative estimate of drug-likeness (QED) is 0.685. The summed E-state index contributed by atoms with van der Waals surface area (Å²) < 4.78 is 2.45. The number of aromatic nitrogens is 4. The van der Waals surface area contributed by atoms with Crippen LogP contribution in [0.15, 0.2) is 9.59 Å². The number of aliphatic hydroxyl groups is 1. The third kappa shape index (κ3) is 2.32. The van der Waals surface area contributed by atoms with Gasteiger partial charge in [-0.1, -0.05) is 0 Å². The number of piperazine rings is 1. The minimum Gasteiger partial charge on any atom is -0.395 e. The van der Waals surface area contributed by atoms with Crippen LogP contribution >= 0.6 is 0 Å². The van der Waals surface area contributed by atoms with E-state index < -0.39 is 0 Å². The number of fused-ring (bicyclic) bond motifs is 1. The van der Waals surface area contributed by atoms with Crippen LogP contribution in [0, 0.1) is 0 Å². The van der Waals surface area contributed by atoms with Gasteiger partial charge in [0.2, 0.25) is 5.95 Å². The Morgan fingerprint density at radius 1 is 1.14 bits per heavy atom. The maximum atomic E-state index is 12.2. The Bertz CT molecular complexity index is 796. The second-order valence-corrected chi connectivity index (χ2v) is 5.52. The predicted octanol–water partition coefficient (Wildman–Crippen LogP) is -1.93. The average molecular weight is 308 g/mol. The van der Waals surface area contributed by atoms with Crippen molar-refractivity contribution in [2.45, 2.75) is 0 Å². The van der Waals surface area contributed by atoms with E-state index in [1.165, 1.54) is 11.6 Å². The largest absolute Gasteiger partial charge is 0.395 e. The highest BCUT2D eigenvalue weighted by Crippen LogP contribution is 2.15. The Balaban J connectivity index is 1.94. The molecule has 3 heterocycles. The van der Waals surface area contributed by atoms with Crippen LogP contribution in [-0.4, -0.2) is 68.4 Å². The monoisotopic (exact) mass is 308 g/mol. The van der Waals surface area contributed by atoms with Crippen molar-refractivity contribution in [1.29, 1.82) is 0 Å². The first-order valence-electron chi connectivity index (χ1n) is 7.27. The van der Waals surface area contributed by atoms with Gasteiger partial charge in [0.25, 0.3) is 5.56 Å². The lowest BCUT2D eigenvalue weighted by molar-refractivity contribution is 0.188. The van der Waals surface area contributed by atoms with Crippen LogP contribution in [0.3, 0.4) is 0 Å². The molecule has 0 aromatic carbocycles. The van der Waals surface area contributed by atoms with Crippen LogP contribution in [-0.2, 0) is 14.1 Å². The number of aromatic amines is 1. The molecule has 1 aliphatic rings. The van der Waals surface area contributed by atoms with Crippen LogP contribution in [0.2, 0.25) is 0 Å². The Hall–Kier alpha value is -2.13. The van der Waals surface area contributed by atoms with E-state index in [4.69, 9.17) is 5.11 Å². The number of nitrogens with one attached hydrogen (secondary N) is 1. The molecule has 2 N–H and O–H groups in total. The third-order valence-corrected chi connectivity index (χ3v) is 4.17. The van der Waals surface area contributed by atoms with Crippen molar-refractivity contribution in [3.63, 3.8) is 0 Å². The molecule has 0 radical (unpaired) electrons. The van der Waals surface area contributed by atoms with Gasteiger partial charge in [-0.2, -0.15) is 4.98 Å². The Morgan fingerprint density at radius 3 is 2.45 bits per heavy atom. The van der Waals surface area contributed by atoms with Crippen LogP contribution in [0.4, 0.5) is 5.95 Å². The Kier molecular flexibility index (Phi) is 3.75. The minimum atomic E-state index is -0.386. The molecule has 1 saturated heterocycles. The summed E-state index contributed by atoms with van der Waals surface area (Å²) in [5.41, 5.74) is -0.0302. The van der Waals surface area contributed by atoms with Crippen molar-refractivity contribution in [3.05, 3.63) is 20.8 Å². The highest BCUT2D eigenvalue weighted by Gasteiger charge is 2.21. The molecule has 0 spiro atoms. The molecule has 0 amide bonds. The predicted molar refractivity (Wildman–Crippen MR) is 82.3 cm³/mol. The van der Waals surface area contributed by atoms with Gasteiger partial charge in [0.1, 0.15) is 0 Å². The molecule has 22 heavy (non-hydrogen) atoms. The van der Waals surface area contributed by atoms with E-state index in [2.05, 4.69) is 19.8 Å². The number of anilines is 1. The van der Waals surface area contributed by atoms with E-state index >= 15 is 0 Å². The Labute approximate surface area is 126 Å². The van der Waals surface area contributed by atoms with Crippen LogP contribution in [0.25, 0.3) is 11.2 Å². The van der Waals surface area contributed by atoms with Crippen LogP contribution in [0.5, 0.6) is 0 Å². The maximum Gasteiger partial charge on any atom is 0.332 e. The molecule has 0 saturated carbocycles. The molecule has 0 atom stereocenters. The summed E-state index contributed by atoms with van der Waals surface area (Å²) >= 11 is 0. The summed E-state index contributed by atoms with van der Waals surface area (Å²) in [5, 5.41) is 8.97. The number of hydrogen-bond acceptors (Lipinski definition) is 6. The number of hydrogen-bond donors (Lipinski definition) is 2. The van der Waals surface area contributed by atoms with Gasteiger partial charge in [-0.3, -0.25) is 18.8 Å². The summed E-state index contributed by atoms with van der Waals surface area (Å²) in [6.07, 6.45) is 0. The highest BCUT2D eigenvalue weighted by atomic mass is 16.3. The zero-order valence-corrected chi connectivity index (χ0v) is 12.7. The van der Waals surface area contributed by atoms with Crippen molar-refractivity contribution < 1.29 is 5.11 Å². The molecule has 120 valence electrons. The molecular formula is C13H20N6O3. The topological polar surface area (TPSA) is 99.4 Å². The standard InChI is InChI=1S/C13H20N6O3/c1-16-10-9(11(21)17(2)13(16)22)14-12(15-10)19-5-3-18(4-6-19)7-8-20/h20H,3-8H2,1-2H3,(H,14,15). The van der Waals surface area contributed by atoms with Crippen molar-refractivity contribution in [3.8, 4) is 0 Å². The minimum absolute atomic E-state index is 0.156. The number of β-amino-alcohol motifs (C(OH)–C–C–N with tert-alkyl or cyclic N) is 1. The maximum absolute atomic E-state index is 12.2. The van der Waals surface area contributed by atoms with Gasteiger partial charge >= 0.3 is 5.69 Å². The SMILES string of the molecule is Cn1c(=O)c2[nH]c(N3CCN(CCO)CC3)nc2n(C)c1=O. The summed E-state index contributed by atoms with van der Waals surface area (Å²) in [6, 6.07) is 0. The fourth-order valence-corrected chi connectivity index (χ4v) is 2.79. The molecule has 3 rings (SSSR count). The first kappa shape index (κ1) is 14.8. The van der Waals surface area contributed by atoms with Crippen LogP contribution in [0.1, 0.15) is 0 Å². The van der Waals surface area contributed by atoms with E-state index in [1.54, 1.807) is 7.05 Å². The molecular weight excluding hydrogens is 288 g/mol. The first-order valence-corrected chi connectivity index (χ1v) is 7.27. The van der Waals surface area contributed by atoms with E-state index in [-0.39, 0.29) is 17.9 Å². The van der Waals surface area contributed by atoms with Gasteiger partial charge in [-0.25, -0.2) is 4.79 Å². The van der Waals surface area contributed by atoms with Gasteiger partial charge in [-0.05, 0) is 0 Å². The smallest absolute Gasteiger partial charge is 0.332 e. The number of imidazole rings is 1. The average Bonchev–Trinajstić information content (AvgIpc) is 2.97. The third-order valence-electron chi connectivity index (χ3n) is 4.17. The molecule has 1 fully saturated rings. The molecule has 0 aliphatic carbocycles. The molecule has 1 aliphatic heterocycles. The van der Waals surface area contributed by atoms with Gasteiger partial charge < -0.3 is 15.0 Å². The number of H-pyrrole nitrogens is 1. The van der Waals surface area contributed by atoms with Gasteiger partial charge in [0.15, 0.2) is 11.2 Å². The van der Waals surface area contributed by atoms with E-state index in [0.717, 1.165) is 30.7 Å². The lowest BCUT2D eigenvalue weighted by Gasteiger charge is -2.34. The van der Waals surface area contributed by atoms with Gasteiger partial charge in [-0.15, -0.1) is 0 Å². The molecule has 9 nitrogen and oxygen atoms in total. The molecule has 9 heteroatoms.